The first-order valence-electron chi connectivity index (χ1n) is 13.4. The molecule has 0 radical (unpaired) electrons. The van der Waals surface area contributed by atoms with Crippen LogP contribution in [0.15, 0.2) is 18.2 Å². The molecular formula is C27H41ClN4O5. The van der Waals surface area contributed by atoms with Crippen LogP contribution >= 0.6 is 12.4 Å². The summed E-state index contributed by atoms with van der Waals surface area (Å²) >= 11 is 0. The molecule has 1 aromatic rings. The summed E-state index contributed by atoms with van der Waals surface area (Å²) in [6, 6.07) is 5.57. The Kier molecular flexibility index (Phi) is 10.9. The van der Waals surface area contributed by atoms with Gasteiger partial charge >= 0.3 is 0 Å². The predicted octanol–water partition coefficient (Wildman–Crippen LogP) is 2.50. The van der Waals surface area contributed by atoms with Crippen LogP contribution in [0.5, 0.6) is 11.5 Å². The van der Waals surface area contributed by atoms with Crippen molar-refractivity contribution in [2.24, 2.45) is 5.92 Å². The van der Waals surface area contributed by atoms with Crippen LogP contribution in [0.2, 0.25) is 0 Å². The fourth-order valence-electron chi connectivity index (χ4n) is 5.19. The fourth-order valence-corrected chi connectivity index (χ4v) is 5.19. The Morgan fingerprint density at radius 2 is 1.84 bits per heavy atom. The third-order valence-electron chi connectivity index (χ3n) is 7.17. The number of hydrogen-bond donors (Lipinski definition) is 2. The van der Waals surface area contributed by atoms with Crippen molar-refractivity contribution in [3.05, 3.63) is 23.8 Å². The summed E-state index contributed by atoms with van der Waals surface area (Å²) in [5, 5.41) is 6.32. The van der Waals surface area contributed by atoms with Crippen LogP contribution in [0, 0.1) is 5.92 Å². The standard InChI is InChI=1S/C27H40N4O5.ClH/c1-19(2)14-26(33)31-13-5-12-30(11-4-3-10-28-27(34)22-16-21(31)17-29-22)25(32)9-7-20-6-8-23-24(15-20)36-18-35-23;/h6,8,15,19,21-22,29H,3-5,7,9-14,16-18H2,1-2H3,(H,28,34);1H/t21-,22-;/m0./s1. The number of benzene rings is 1. The number of amides is 3. The van der Waals surface area contributed by atoms with E-state index in [0.29, 0.717) is 58.4 Å². The highest BCUT2D eigenvalue weighted by Gasteiger charge is 2.35. The van der Waals surface area contributed by atoms with Gasteiger partial charge in [0.15, 0.2) is 11.5 Å². The summed E-state index contributed by atoms with van der Waals surface area (Å²) in [7, 11) is 0. The van der Waals surface area contributed by atoms with Gasteiger partial charge in [-0.15, -0.1) is 12.4 Å². The van der Waals surface area contributed by atoms with Crippen LogP contribution < -0.4 is 20.1 Å². The topological polar surface area (TPSA) is 100 Å². The largest absolute Gasteiger partial charge is 0.454 e. The molecule has 10 heteroatoms. The van der Waals surface area contributed by atoms with Crippen molar-refractivity contribution in [1.82, 2.24) is 20.4 Å². The van der Waals surface area contributed by atoms with Gasteiger partial charge in [-0.25, -0.2) is 0 Å². The van der Waals surface area contributed by atoms with Gasteiger partial charge in [0.25, 0.3) is 0 Å². The second kappa shape index (κ2) is 13.9. The normalized spacial score (nSPS) is 22.3. The summed E-state index contributed by atoms with van der Waals surface area (Å²) in [5.74, 6) is 2.00. The molecule has 3 heterocycles. The van der Waals surface area contributed by atoms with Gasteiger partial charge in [0, 0.05) is 51.6 Å². The molecule has 4 rings (SSSR count). The number of fused-ring (bicyclic) bond motifs is 3. The molecule has 0 unspecified atom stereocenters. The number of carbonyl (C=O) groups excluding carboxylic acids is 3. The zero-order valence-electron chi connectivity index (χ0n) is 22.0. The Morgan fingerprint density at radius 3 is 2.65 bits per heavy atom. The quantitative estimate of drug-likeness (QED) is 0.600. The third kappa shape index (κ3) is 7.98. The second-order valence-electron chi connectivity index (χ2n) is 10.5. The van der Waals surface area contributed by atoms with Gasteiger partial charge in [-0.1, -0.05) is 19.9 Å². The molecule has 3 aliphatic rings. The molecule has 1 aromatic carbocycles. The lowest BCUT2D eigenvalue weighted by molar-refractivity contribution is -0.134. The van der Waals surface area contributed by atoms with Gasteiger partial charge in [-0.2, -0.15) is 0 Å². The smallest absolute Gasteiger partial charge is 0.237 e. The maximum atomic E-state index is 13.2. The van der Waals surface area contributed by atoms with Crippen LogP contribution in [0.4, 0.5) is 0 Å². The van der Waals surface area contributed by atoms with Gasteiger partial charge in [0.1, 0.15) is 0 Å². The summed E-state index contributed by atoms with van der Waals surface area (Å²) in [4.78, 5) is 42.7. The van der Waals surface area contributed by atoms with E-state index in [0.717, 1.165) is 36.3 Å². The molecule has 3 aliphatic heterocycles. The van der Waals surface area contributed by atoms with Gasteiger partial charge in [-0.3, -0.25) is 14.4 Å². The van der Waals surface area contributed by atoms with E-state index < -0.39 is 0 Å². The number of ether oxygens (including phenoxy) is 2. The minimum absolute atomic E-state index is 0. The lowest BCUT2D eigenvalue weighted by Crippen LogP contribution is -2.44. The zero-order valence-corrected chi connectivity index (χ0v) is 22.8. The van der Waals surface area contributed by atoms with E-state index >= 15 is 0 Å². The van der Waals surface area contributed by atoms with Crippen LogP contribution in [0.1, 0.15) is 57.9 Å². The molecule has 2 N–H and O–H groups in total. The number of nitrogens with one attached hydrogen (secondary N) is 2. The Hall–Kier alpha value is -2.52. The van der Waals surface area contributed by atoms with Crippen molar-refractivity contribution in [2.75, 3.05) is 39.5 Å². The molecular weight excluding hydrogens is 496 g/mol. The van der Waals surface area contributed by atoms with Gasteiger partial charge in [0.2, 0.25) is 24.5 Å². The summed E-state index contributed by atoms with van der Waals surface area (Å²) < 4.78 is 10.8. The molecule has 206 valence electrons. The van der Waals surface area contributed by atoms with Gasteiger partial charge in [0.05, 0.1) is 6.04 Å². The van der Waals surface area contributed by atoms with Crippen molar-refractivity contribution in [1.29, 1.82) is 0 Å². The van der Waals surface area contributed by atoms with E-state index in [9.17, 15) is 14.4 Å². The highest BCUT2D eigenvalue weighted by atomic mass is 35.5. The highest BCUT2D eigenvalue weighted by molar-refractivity contribution is 5.85. The Morgan fingerprint density at radius 1 is 1.05 bits per heavy atom. The van der Waals surface area contributed by atoms with E-state index in [1.165, 1.54) is 0 Å². The number of carbonyl (C=O) groups is 3. The van der Waals surface area contributed by atoms with Crippen molar-refractivity contribution in [3.63, 3.8) is 0 Å². The van der Waals surface area contributed by atoms with Crippen molar-refractivity contribution in [2.45, 2.75) is 70.9 Å². The number of rotatable bonds is 5. The summed E-state index contributed by atoms with van der Waals surface area (Å²) in [6.07, 6.45) is 4.56. The Balaban J connectivity index is 0.00000380. The Bertz CT molecular complexity index is 943. The minimum Gasteiger partial charge on any atom is -0.454 e. The second-order valence-corrected chi connectivity index (χ2v) is 10.5. The van der Waals surface area contributed by atoms with E-state index in [2.05, 4.69) is 10.6 Å². The van der Waals surface area contributed by atoms with Gasteiger partial charge < -0.3 is 29.9 Å². The van der Waals surface area contributed by atoms with Crippen molar-refractivity contribution < 1.29 is 23.9 Å². The van der Waals surface area contributed by atoms with E-state index in [1.54, 1.807) is 0 Å². The average Bonchev–Trinajstić information content (AvgIpc) is 3.52. The van der Waals surface area contributed by atoms with Crippen LogP contribution in [0.25, 0.3) is 0 Å². The first-order chi connectivity index (χ1) is 17.4. The number of hydrogen-bond acceptors (Lipinski definition) is 6. The molecule has 2 saturated heterocycles. The molecule has 0 saturated carbocycles. The maximum absolute atomic E-state index is 13.2. The molecule has 9 nitrogen and oxygen atoms in total. The molecule has 37 heavy (non-hydrogen) atoms. The fraction of sp³-hybridized carbons (Fsp3) is 0.667. The first-order valence-corrected chi connectivity index (χ1v) is 13.4. The third-order valence-corrected chi connectivity index (χ3v) is 7.17. The van der Waals surface area contributed by atoms with Crippen LogP contribution in [-0.2, 0) is 20.8 Å². The average molecular weight is 537 g/mol. The molecule has 3 amide bonds. The summed E-state index contributed by atoms with van der Waals surface area (Å²) in [5.41, 5.74) is 1.05. The molecule has 0 spiro atoms. The monoisotopic (exact) mass is 536 g/mol. The molecule has 2 atom stereocenters. The van der Waals surface area contributed by atoms with Crippen LogP contribution in [0.3, 0.4) is 0 Å². The SMILES string of the molecule is CC(C)CC(=O)N1CCCN(C(=O)CCc2ccc3c(c2)OCO3)CCCCNC(=O)[C@@H]2C[C@H]1CN2.Cl. The number of halogens is 1. The Labute approximate surface area is 226 Å². The summed E-state index contributed by atoms with van der Waals surface area (Å²) in [6.45, 7) is 7.43. The highest BCUT2D eigenvalue weighted by Crippen LogP contribution is 2.32. The van der Waals surface area contributed by atoms with Gasteiger partial charge in [-0.05, 0) is 55.7 Å². The lowest BCUT2D eigenvalue weighted by Gasteiger charge is -2.31. The zero-order chi connectivity index (χ0) is 25.5. The first kappa shape index (κ1) is 29.0. The van der Waals surface area contributed by atoms with E-state index in [1.807, 2.05) is 41.8 Å². The van der Waals surface area contributed by atoms with Crippen molar-refractivity contribution >= 4 is 30.1 Å². The molecule has 0 aliphatic carbocycles. The lowest BCUT2D eigenvalue weighted by atomic mass is 10.1. The maximum Gasteiger partial charge on any atom is 0.237 e. The van der Waals surface area contributed by atoms with Crippen molar-refractivity contribution in [3.8, 4) is 11.5 Å². The predicted molar refractivity (Wildman–Crippen MR) is 143 cm³/mol. The number of aryl methyl sites for hydroxylation is 1. The molecule has 0 aromatic heterocycles. The van der Waals surface area contributed by atoms with E-state index in [-0.39, 0.29) is 54.9 Å². The molecule has 2 bridgehead atoms. The van der Waals surface area contributed by atoms with E-state index in [4.69, 9.17) is 9.47 Å². The molecule has 2 fully saturated rings. The minimum atomic E-state index is -0.249. The van der Waals surface area contributed by atoms with Crippen LogP contribution in [-0.4, -0.2) is 79.1 Å². The number of nitrogens with zero attached hydrogens (tertiary/aromatic N) is 2.